The minimum Gasteiger partial charge on any atom is -0.364 e. The van der Waals surface area contributed by atoms with Crippen LogP contribution in [0.2, 0.25) is 10.0 Å². The second kappa shape index (κ2) is 9.78. The smallest absolute Gasteiger partial charge is 0.276 e. The number of hydrazone groups is 1. The number of rotatable bonds is 1. The number of benzene rings is 3. The van der Waals surface area contributed by atoms with Crippen LogP contribution in [0.25, 0.3) is 6.08 Å². The van der Waals surface area contributed by atoms with Gasteiger partial charge in [0.2, 0.25) is 6.23 Å². The molecular weight excluding hydrogens is 447 g/mol. The van der Waals surface area contributed by atoms with Crippen LogP contribution in [0, 0.1) is 0 Å². The molecule has 0 bridgehead atoms. The molecule has 0 radical (unpaired) electrons. The molecule has 160 valence electrons. The number of carbonyl (C=O) groups excluding carboxylic acids is 1. The van der Waals surface area contributed by atoms with Crippen molar-refractivity contribution >= 4 is 58.5 Å². The molecule has 0 aromatic heterocycles. The van der Waals surface area contributed by atoms with Gasteiger partial charge in [-0.25, -0.2) is 4.99 Å². The summed E-state index contributed by atoms with van der Waals surface area (Å²) in [6, 6.07) is 20.1. The zero-order valence-electron chi connectivity index (χ0n) is 16.7. The third-order valence-electron chi connectivity index (χ3n) is 4.69. The number of fused-ring (bicyclic) bond motifs is 2. The van der Waals surface area contributed by atoms with Crippen molar-refractivity contribution in [3.63, 3.8) is 0 Å². The number of carbonyl (C=O) groups is 1. The van der Waals surface area contributed by atoms with E-state index in [1.165, 1.54) is 5.56 Å². The SMILES string of the molecule is C1=Cc2ccccc2NN=C1.O=C1Nc2ccc(Cl)cc2C(c2ccccc2Cl)=NC1O. The van der Waals surface area contributed by atoms with Crippen LogP contribution >= 0.6 is 23.2 Å². The summed E-state index contributed by atoms with van der Waals surface area (Å²) in [5.74, 6) is -0.597. The van der Waals surface area contributed by atoms with Gasteiger partial charge in [0, 0.05) is 27.4 Å². The molecule has 32 heavy (non-hydrogen) atoms. The third kappa shape index (κ3) is 4.89. The van der Waals surface area contributed by atoms with E-state index in [2.05, 4.69) is 20.8 Å². The van der Waals surface area contributed by atoms with Crippen molar-refractivity contribution in [2.24, 2.45) is 10.1 Å². The molecule has 2 aliphatic heterocycles. The van der Waals surface area contributed by atoms with Crippen LogP contribution in [-0.4, -0.2) is 29.2 Å². The second-order valence-corrected chi connectivity index (χ2v) is 7.69. The lowest BCUT2D eigenvalue weighted by Gasteiger charge is -2.11. The van der Waals surface area contributed by atoms with Crippen LogP contribution < -0.4 is 10.7 Å². The van der Waals surface area contributed by atoms with Crippen LogP contribution in [0.3, 0.4) is 0 Å². The first-order chi connectivity index (χ1) is 15.5. The highest BCUT2D eigenvalue weighted by atomic mass is 35.5. The van der Waals surface area contributed by atoms with E-state index in [1.807, 2.05) is 36.4 Å². The number of para-hydroxylation sites is 1. The van der Waals surface area contributed by atoms with E-state index in [9.17, 15) is 9.90 Å². The Morgan fingerprint density at radius 3 is 2.53 bits per heavy atom. The molecule has 0 aliphatic carbocycles. The quantitative estimate of drug-likeness (QED) is 0.461. The monoisotopic (exact) mass is 464 g/mol. The number of aliphatic imine (C=N–C) groups is 1. The summed E-state index contributed by atoms with van der Waals surface area (Å²) >= 11 is 12.2. The number of aliphatic hydroxyl groups excluding tert-OH is 1. The largest absolute Gasteiger partial charge is 0.364 e. The summed E-state index contributed by atoms with van der Waals surface area (Å²) in [4.78, 5) is 15.9. The van der Waals surface area contributed by atoms with Gasteiger partial charge >= 0.3 is 0 Å². The highest BCUT2D eigenvalue weighted by Crippen LogP contribution is 2.29. The number of hydrogen-bond donors (Lipinski definition) is 3. The molecule has 3 aromatic rings. The van der Waals surface area contributed by atoms with Gasteiger partial charge in [-0.2, -0.15) is 5.10 Å². The zero-order valence-corrected chi connectivity index (χ0v) is 18.2. The maximum Gasteiger partial charge on any atom is 0.276 e. The van der Waals surface area contributed by atoms with Crippen molar-refractivity contribution in [1.29, 1.82) is 0 Å². The molecule has 3 N–H and O–H groups in total. The van der Waals surface area contributed by atoms with Crippen LogP contribution in [0.4, 0.5) is 11.4 Å². The molecule has 0 saturated heterocycles. The molecule has 1 unspecified atom stereocenters. The van der Waals surface area contributed by atoms with Crippen LogP contribution in [0.1, 0.15) is 16.7 Å². The summed E-state index contributed by atoms with van der Waals surface area (Å²) < 4.78 is 0. The van der Waals surface area contributed by atoms with E-state index < -0.39 is 12.1 Å². The Labute approximate surface area is 194 Å². The van der Waals surface area contributed by atoms with Crippen molar-refractivity contribution in [1.82, 2.24) is 0 Å². The van der Waals surface area contributed by atoms with E-state index >= 15 is 0 Å². The number of aliphatic hydroxyl groups is 1. The maximum absolute atomic E-state index is 11.8. The molecule has 3 aromatic carbocycles. The van der Waals surface area contributed by atoms with E-state index in [1.54, 1.807) is 48.7 Å². The fourth-order valence-corrected chi connectivity index (χ4v) is 3.58. The molecular formula is C24H18Cl2N4O2. The average molecular weight is 465 g/mol. The second-order valence-electron chi connectivity index (χ2n) is 6.85. The van der Waals surface area contributed by atoms with Gasteiger partial charge in [-0.05, 0) is 42.0 Å². The molecule has 1 amide bonds. The van der Waals surface area contributed by atoms with Gasteiger partial charge in [0.1, 0.15) is 0 Å². The van der Waals surface area contributed by atoms with Gasteiger partial charge in [-0.15, -0.1) is 0 Å². The van der Waals surface area contributed by atoms with Gasteiger partial charge in [0.05, 0.1) is 17.1 Å². The fourth-order valence-electron chi connectivity index (χ4n) is 3.18. The highest BCUT2D eigenvalue weighted by molar-refractivity contribution is 6.36. The van der Waals surface area contributed by atoms with Crippen LogP contribution in [0.15, 0.2) is 82.9 Å². The molecule has 2 heterocycles. The number of amides is 1. The van der Waals surface area contributed by atoms with Crippen LogP contribution in [-0.2, 0) is 4.79 Å². The molecule has 8 heteroatoms. The molecule has 1 atom stereocenters. The zero-order chi connectivity index (χ0) is 22.5. The maximum atomic E-state index is 11.8. The number of anilines is 2. The van der Waals surface area contributed by atoms with E-state index in [0.29, 0.717) is 32.6 Å². The van der Waals surface area contributed by atoms with Crippen molar-refractivity contribution in [3.05, 3.63) is 99.5 Å². The Kier molecular flexibility index (Phi) is 6.66. The normalized spacial score (nSPS) is 16.2. The van der Waals surface area contributed by atoms with Gasteiger partial charge in [-0.3, -0.25) is 10.2 Å². The minimum absolute atomic E-state index is 0.420. The summed E-state index contributed by atoms with van der Waals surface area (Å²) in [6.07, 6.45) is 4.18. The van der Waals surface area contributed by atoms with Gasteiger partial charge < -0.3 is 10.4 Å². The van der Waals surface area contributed by atoms with E-state index in [-0.39, 0.29) is 0 Å². The Bertz CT molecular complexity index is 1250. The van der Waals surface area contributed by atoms with Crippen molar-refractivity contribution in [2.45, 2.75) is 6.23 Å². The number of benzodiazepines with no additional fused rings is 1. The molecule has 0 spiro atoms. The fraction of sp³-hybridized carbons (Fsp3) is 0.0417. The Morgan fingerprint density at radius 2 is 1.69 bits per heavy atom. The van der Waals surface area contributed by atoms with E-state index in [4.69, 9.17) is 23.2 Å². The highest BCUT2D eigenvalue weighted by Gasteiger charge is 2.25. The Morgan fingerprint density at radius 1 is 0.906 bits per heavy atom. The molecule has 5 rings (SSSR count). The number of allylic oxidation sites excluding steroid dienone is 1. The van der Waals surface area contributed by atoms with Crippen molar-refractivity contribution < 1.29 is 9.90 Å². The first kappa shape index (κ1) is 21.8. The molecule has 2 aliphatic rings. The average Bonchev–Trinajstić information content (AvgIpc) is 3.11. The van der Waals surface area contributed by atoms with E-state index in [0.717, 1.165) is 5.69 Å². The van der Waals surface area contributed by atoms with Gasteiger partial charge in [0.25, 0.3) is 5.91 Å². The van der Waals surface area contributed by atoms with Gasteiger partial charge in [0.15, 0.2) is 0 Å². The number of halogens is 2. The minimum atomic E-state index is -1.50. The van der Waals surface area contributed by atoms with Crippen LogP contribution in [0.5, 0.6) is 0 Å². The Hall–Kier alpha value is -3.45. The third-order valence-corrected chi connectivity index (χ3v) is 5.26. The lowest BCUT2D eigenvalue weighted by Crippen LogP contribution is -2.24. The summed E-state index contributed by atoms with van der Waals surface area (Å²) in [5.41, 5.74) is 7.34. The first-order valence-corrected chi connectivity index (χ1v) is 10.4. The lowest BCUT2D eigenvalue weighted by molar-refractivity contribution is -0.123. The molecule has 0 saturated carbocycles. The van der Waals surface area contributed by atoms with Crippen molar-refractivity contribution in [2.75, 3.05) is 10.7 Å². The lowest BCUT2D eigenvalue weighted by atomic mass is 10.0. The predicted octanol–water partition coefficient (Wildman–Crippen LogP) is 5.21. The first-order valence-electron chi connectivity index (χ1n) is 9.69. The summed E-state index contributed by atoms with van der Waals surface area (Å²) in [5, 5.41) is 17.4. The molecule has 0 fully saturated rings. The van der Waals surface area contributed by atoms with Gasteiger partial charge in [-0.1, -0.05) is 65.7 Å². The Balaban J connectivity index is 0.000000186. The topological polar surface area (TPSA) is 86.1 Å². The number of hydrogen-bond acceptors (Lipinski definition) is 5. The van der Waals surface area contributed by atoms with Crippen molar-refractivity contribution in [3.8, 4) is 0 Å². The predicted molar refractivity (Wildman–Crippen MR) is 131 cm³/mol. The summed E-state index contributed by atoms with van der Waals surface area (Å²) in [7, 11) is 0. The number of nitrogens with zero attached hydrogens (tertiary/aromatic N) is 2. The number of nitrogens with one attached hydrogen (secondary N) is 2. The summed E-state index contributed by atoms with van der Waals surface area (Å²) in [6.45, 7) is 0. The molecule has 6 nitrogen and oxygen atoms in total. The standard InChI is InChI=1S/C15H10Cl2N2O2.C9H8N2/c16-8-5-6-12-10(7-8)13(19-15(21)14(20)18-12)9-3-1-2-4-11(9)17;1-2-6-9-8(4-1)5-3-7-10-11-9/h1-7,15,21H,(H,18,20);1-7,11H.